The molecule has 0 saturated carbocycles. The summed E-state index contributed by atoms with van der Waals surface area (Å²) in [6.07, 6.45) is 1.94. The second-order valence-electron chi connectivity index (χ2n) is 7.93. The van der Waals surface area contributed by atoms with Gasteiger partial charge in [-0.1, -0.05) is 11.6 Å². The maximum atomic E-state index is 12.9. The van der Waals surface area contributed by atoms with Gasteiger partial charge < -0.3 is 19.5 Å². The maximum absolute atomic E-state index is 12.9. The average molecular weight is 441 g/mol. The summed E-state index contributed by atoms with van der Waals surface area (Å²) in [5, 5.41) is 0.641. The fourth-order valence-corrected chi connectivity index (χ4v) is 4.55. The molecule has 1 amide bonds. The standard InChI is InChI=1S/C24H29ClN4O2/c1-4-28(5-2)24(30)16-7-6-12-29(15-16)17-8-10-20(25)19(13-17)23-26-21-11-9-18(31-3)14-22(21)27-23/h8-11,13-14,16H,4-7,12,15H2,1-3H3,(H,26,27). The van der Waals surface area contributed by atoms with Crippen molar-refractivity contribution in [3.63, 3.8) is 0 Å². The van der Waals surface area contributed by atoms with Crippen molar-refractivity contribution in [1.82, 2.24) is 14.9 Å². The zero-order chi connectivity index (χ0) is 22.0. The molecule has 1 atom stereocenters. The number of ether oxygens (including phenoxy) is 1. The largest absolute Gasteiger partial charge is 0.497 e. The fourth-order valence-electron chi connectivity index (χ4n) is 4.34. The topological polar surface area (TPSA) is 61.5 Å². The lowest BCUT2D eigenvalue weighted by atomic mass is 9.95. The third-order valence-electron chi connectivity index (χ3n) is 6.11. The summed E-state index contributed by atoms with van der Waals surface area (Å²) < 4.78 is 5.31. The monoisotopic (exact) mass is 440 g/mol. The van der Waals surface area contributed by atoms with Crippen LogP contribution in [0.3, 0.4) is 0 Å². The molecule has 1 aliphatic rings. The summed E-state index contributed by atoms with van der Waals surface area (Å²) in [6, 6.07) is 11.8. The molecule has 1 saturated heterocycles. The fraction of sp³-hybridized carbons (Fsp3) is 0.417. The summed E-state index contributed by atoms with van der Waals surface area (Å²) in [5.41, 5.74) is 3.68. The molecule has 4 rings (SSSR count). The van der Waals surface area contributed by atoms with Crippen LogP contribution in [0.1, 0.15) is 26.7 Å². The molecular formula is C24H29ClN4O2. The third kappa shape index (κ3) is 4.35. The van der Waals surface area contributed by atoms with Gasteiger partial charge in [-0.3, -0.25) is 4.79 Å². The lowest BCUT2D eigenvalue weighted by Gasteiger charge is -2.36. The zero-order valence-electron chi connectivity index (χ0n) is 18.3. The Hall–Kier alpha value is -2.73. The van der Waals surface area contributed by atoms with Gasteiger partial charge in [0.05, 0.1) is 29.1 Å². The highest BCUT2D eigenvalue weighted by atomic mass is 35.5. The summed E-state index contributed by atoms with van der Waals surface area (Å²) in [5.74, 6) is 1.80. The van der Waals surface area contributed by atoms with E-state index in [1.54, 1.807) is 7.11 Å². The number of piperidine rings is 1. The quantitative estimate of drug-likeness (QED) is 0.587. The molecule has 31 heavy (non-hydrogen) atoms. The predicted molar refractivity (Wildman–Crippen MR) is 126 cm³/mol. The van der Waals surface area contributed by atoms with Gasteiger partial charge in [-0.15, -0.1) is 0 Å². The summed E-state index contributed by atoms with van der Waals surface area (Å²) in [4.78, 5) is 25.2. The molecule has 1 fully saturated rings. The summed E-state index contributed by atoms with van der Waals surface area (Å²) in [6.45, 7) is 7.25. The van der Waals surface area contributed by atoms with Crippen molar-refractivity contribution >= 4 is 34.2 Å². The van der Waals surface area contributed by atoms with Gasteiger partial charge in [0.1, 0.15) is 11.6 Å². The Morgan fingerprint density at radius 2 is 2.06 bits per heavy atom. The Balaban J connectivity index is 1.61. The second kappa shape index (κ2) is 9.18. The molecule has 0 aliphatic carbocycles. The van der Waals surface area contributed by atoms with Crippen molar-refractivity contribution in [1.29, 1.82) is 0 Å². The van der Waals surface area contributed by atoms with E-state index in [2.05, 4.69) is 16.0 Å². The van der Waals surface area contributed by atoms with Gasteiger partial charge in [-0.2, -0.15) is 0 Å². The van der Waals surface area contributed by atoms with Crippen LogP contribution in [-0.4, -0.2) is 54.1 Å². The molecule has 6 nitrogen and oxygen atoms in total. The number of carbonyl (C=O) groups is 1. The van der Waals surface area contributed by atoms with Crippen molar-refractivity contribution in [2.75, 3.05) is 38.2 Å². The van der Waals surface area contributed by atoms with E-state index >= 15 is 0 Å². The van der Waals surface area contributed by atoms with Crippen molar-refractivity contribution in [2.24, 2.45) is 5.92 Å². The van der Waals surface area contributed by atoms with Crippen LogP contribution >= 0.6 is 11.6 Å². The number of methoxy groups -OCH3 is 1. The van der Waals surface area contributed by atoms with Crippen LogP contribution < -0.4 is 9.64 Å². The molecule has 0 spiro atoms. The molecule has 3 aromatic rings. The van der Waals surface area contributed by atoms with E-state index in [0.717, 1.165) is 72.9 Å². The molecule has 0 bridgehead atoms. The number of rotatable bonds is 6. The molecule has 2 heterocycles. The van der Waals surface area contributed by atoms with Crippen molar-refractivity contribution in [2.45, 2.75) is 26.7 Å². The number of H-pyrrole nitrogens is 1. The highest BCUT2D eigenvalue weighted by Crippen LogP contribution is 2.34. The Labute approximate surface area is 188 Å². The highest BCUT2D eigenvalue weighted by Gasteiger charge is 2.28. The number of halogens is 1. The van der Waals surface area contributed by atoms with Crippen LogP contribution in [0.4, 0.5) is 5.69 Å². The first-order valence-electron chi connectivity index (χ1n) is 10.9. The smallest absolute Gasteiger partial charge is 0.227 e. The maximum Gasteiger partial charge on any atom is 0.227 e. The first-order valence-corrected chi connectivity index (χ1v) is 11.3. The van der Waals surface area contributed by atoms with Gasteiger partial charge >= 0.3 is 0 Å². The van der Waals surface area contributed by atoms with Crippen LogP contribution in [0.25, 0.3) is 22.4 Å². The number of carbonyl (C=O) groups excluding carboxylic acids is 1. The minimum atomic E-state index is 0.0337. The Morgan fingerprint density at radius 1 is 1.26 bits per heavy atom. The second-order valence-corrected chi connectivity index (χ2v) is 8.34. The van der Waals surface area contributed by atoms with Crippen LogP contribution in [0.15, 0.2) is 36.4 Å². The predicted octanol–water partition coefficient (Wildman–Crippen LogP) is 4.98. The number of amides is 1. The zero-order valence-corrected chi connectivity index (χ0v) is 19.1. The van der Waals surface area contributed by atoms with E-state index in [9.17, 15) is 4.79 Å². The lowest BCUT2D eigenvalue weighted by Crippen LogP contribution is -2.44. The van der Waals surface area contributed by atoms with Crippen molar-refractivity contribution in [3.8, 4) is 17.1 Å². The molecule has 1 unspecified atom stereocenters. The number of anilines is 1. The van der Waals surface area contributed by atoms with E-state index in [1.807, 2.05) is 49.1 Å². The average Bonchev–Trinajstić information content (AvgIpc) is 3.23. The van der Waals surface area contributed by atoms with E-state index in [1.165, 1.54) is 0 Å². The third-order valence-corrected chi connectivity index (χ3v) is 6.43. The van der Waals surface area contributed by atoms with Gasteiger partial charge in [0.25, 0.3) is 0 Å². The SMILES string of the molecule is CCN(CC)C(=O)C1CCCN(c2ccc(Cl)c(-c3nc4ccc(OC)cc4[nH]3)c2)C1. The van der Waals surface area contributed by atoms with Crippen LogP contribution in [0.2, 0.25) is 5.02 Å². The number of nitrogens with zero attached hydrogens (tertiary/aromatic N) is 3. The molecular weight excluding hydrogens is 412 g/mol. The van der Waals surface area contributed by atoms with Crippen molar-refractivity contribution < 1.29 is 9.53 Å². The molecule has 0 radical (unpaired) electrons. The van der Waals surface area contributed by atoms with E-state index in [4.69, 9.17) is 21.3 Å². The van der Waals surface area contributed by atoms with Gasteiger partial charge in [0.2, 0.25) is 5.91 Å². The van der Waals surface area contributed by atoms with Gasteiger partial charge in [-0.05, 0) is 57.0 Å². The molecule has 164 valence electrons. The van der Waals surface area contributed by atoms with Crippen LogP contribution in [0, 0.1) is 5.92 Å². The molecule has 2 aromatic carbocycles. The van der Waals surface area contributed by atoms with Crippen LogP contribution in [-0.2, 0) is 4.79 Å². The summed E-state index contributed by atoms with van der Waals surface area (Å²) in [7, 11) is 1.65. The molecule has 1 aliphatic heterocycles. The molecule has 7 heteroatoms. The number of fused-ring (bicyclic) bond motifs is 1. The number of benzene rings is 2. The lowest BCUT2D eigenvalue weighted by molar-refractivity contribution is -0.135. The Morgan fingerprint density at radius 3 is 2.81 bits per heavy atom. The van der Waals surface area contributed by atoms with Crippen LogP contribution in [0.5, 0.6) is 5.75 Å². The van der Waals surface area contributed by atoms with Gasteiger partial charge in [0, 0.05) is 43.5 Å². The van der Waals surface area contributed by atoms with E-state index in [-0.39, 0.29) is 11.8 Å². The molecule has 1 aromatic heterocycles. The number of aromatic amines is 1. The normalized spacial score (nSPS) is 16.5. The first-order chi connectivity index (χ1) is 15.0. The minimum absolute atomic E-state index is 0.0337. The Bertz CT molecular complexity index is 1080. The molecule has 1 N–H and O–H groups in total. The number of nitrogens with one attached hydrogen (secondary N) is 1. The van der Waals surface area contributed by atoms with Crippen molar-refractivity contribution in [3.05, 3.63) is 41.4 Å². The van der Waals surface area contributed by atoms with E-state index < -0.39 is 0 Å². The number of hydrogen-bond donors (Lipinski definition) is 1. The number of imidazole rings is 1. The van der Waals surface area contributed by atoms with Gasteiger partial charge in [-0.25, -0.2) is 4.98 Å². The minimum Gasteiger partial charge on any atom is -0.497 e. The Kier molecular flexibility index (Phi) is 6.37. The highest BCUT2D eigenvalue weighted by molar-refractivity contribution is 6.33. The number of aromatic nitrogens is 2. The van der Waals surface area contributed by atoms with Gasteiger partial charge in [0.15, 0.2) is 0 Å². The first kappa shape index (κ1) is 21.5. The summed E-state index contributed by atoms with van der Waals surface area (Å²) >= 11 is 6.55. The van der Waals surface area contributed by atoms with E-state index in [0.29, 0.717) is 5.02 Å². The number of hydrogen-bond acceptors (Lipinski definition) is 4.